The first kappa shape index (κ1) is 15.6. The molecule has 0 aliphatic carbocycles. The lowest BCUT2D eigenvalue weighted by atomic mass is 9.98. The van der Waals surface area contributed by atoms with Gasteiger partial charge in [0.2, 0.25) is 0 Å². The molecule has 0 atom stereocenters. The molecule has 2 aromatic carbocycles. The number of halogens is 3. The van der Waals surface area contributed by atoms with Gasteiger partial charge in [-0.2, -0.15) is 0 Å². The second-order valence-electron chi connectivity index (χ2n) is 5.37. The van der Waals surface area contributed by atoms with Gasteiger partial charge in [-0.25, -0.2) is 8.78 Å². The second-order valence-corrected chi connectivity index (χ2v) is 5.78. The van der Waals surface area contributed by atoms with Crippen LogP contribution in [0, 0.1) is 17.6 Å². The number of carbonyl (C=O) groups excluding carboxylic acids is 1. The molecular formula is C17H15ClF2O. The average Bonchev–Trinajstić information content (AvgIpc) is 2.42. The van der Waals surface area contributed by atoms with Gasteiger partial charge in [0.15, 0.2) is 5.78 Å². The summed E-state index contributed by atoms with van der Waals surface area (Å²) in [5, 5.41) is -0.337. The van der Waals surface area contributed by atoms with Crippen LogP contribution in [0.3, 0.4) is 0 Å². The molecule has 21 heavy (non-hydrogen) atoms. The summed E-state index contributed by atoms with van der Waals surface area (Å²) in [7, 11) is 0. The maximum absolute atomic E-state index is 13.7. The van der Waals surface area contributed by atoms with Gasteiger partial charge in [0, 0.05) is 5.56 Å². The van der Waals surface area contributed by atoms with Crippen molar-refractivity contribution in [2.75, 3.05) is 0 Å². The summed E-state index contributed by atoms with van der Waals surface area (Å²) in [5.74, 6) is -1.68. The molecule has 0 saturated carbocycles. The van der Waals surface area contributed by atoms with Crippen molar-refractivity contribution in [1.29, 1.82) is 0 Å². The Hall–Kier alpha value is -1.74. The summed E-state index contributed by atoms with van der Waals surface area (Å²) in [6, 6.07) is 8.58. The lowest BCUT2D eigenvalue weighted by Gasteiger charge is -2.07. The second kappa shape index (κ2) is 6.35. The third-order valence-electron chi connectivity index (χ3n) is 3.11. The lowest BCUT2D eigenvalue weighted by molar-refractivity contribution is 0.103. The van der Waals surface area contributed by atoms with Gasteiger partial charge in [-0.1, -0.05) is 49.7 Å². The molecule has 1 nitrogen and oxygen atoms in total. The zero-order valence-electron chi connectivity index (χ0n) is 11.8. The minimum Gasteiger partial charge on any atom is -0.288 e. The maximum atomic E-state index is 13.7. The highest BCUT2D eigenvalue weighted by Gasteiger charge is 2.17. The molecule has 0 saturated heterocycles. The van der Waals surface area contributed by atoms with Crippen LogP contribution in [0.5, 0.6) is 0 Å². The van der Waals surface area contributed by atoms with Crippen LogP contribution < -0.4 is 0 Å². The van der Waals surface area contributed by atoms with Crippen LogP contribution in [0.25, 0.3) is 0 Å². The van der Waals surface area contributed by atoms with E-state index >= 15 is 0 Å². The van der Waals surface area contributed by atoms with Gasteiger partial charge in [-0.05, 0) is 30.0 Å². The van der Waals surface area contributed by atoms with Gasteiger partial charge < -0.3 is 0 Å². The van der Waals surface area contributed by atoms with E-state index in [1.807, 2.05) is 12.1 Å². The molecule has 110 valence electrons. The number of rotatable bonds is 4. The van der Waals surface area contributed by atoms with Crippen molar-refractivity contribution in [2.24, 2.45) is 5.92 Å². The van der Waals surface area contributed by atoms with E-state index < -0.39 is 17.4 Å². The van der Waals surface area contributed by atoms with Crippen LogP contribution >= 0.6 is 11.6 Å². The SMILES string of the molecule is CC(C)Cc1ccc(C(=O)c2cc(F)c(Cl)cc2F)cc1. The molecule has 0 aliphatic rings. The minimum absolute atomic E-state index is 0.312. The Kier molecular flexibility index (Phi) is 4.73. The fourth-order valence-electron chi connectivity index (χ4n) is 2.12. The molecule has 4 heteroatoms. The Morgan fingerprint density at radius 1 is 1.10 bits per heavy atom. The predicted molar refractivity (Wildman–Crippen MR) is 79.8 cm³/mol. The van der Waals surface area contributed by atoms with E-state index in [1.54, 1.807) is 12.1 Å². The Bertz CT molecular complexity index is 663. The summed E-state index contributed by atoms with van der Waals surface area (Å²) >= 11 is 5.48. The van der Waals surface area contributed by atoms with Gasteiger partial charge in [0.05, 0.1) is 10.6 Å². The number of benzene rings is 2. The van der Waals surface area contributed by atoms with Crippen molar-refractivity contribution in [3.8, 4) is 0 Å². The van der Waals surface area contributed by atoms with Gasteiger partial charge >= 0.3 is 0 Å². The van der Waals surface area contributed by atoms with Crippen LogP contribution in [0.2, 0.25) is 5.02 Å². The first-order chi connectivity index (χ1) is 9.88. The number of carbonyl (C=O) groups is 1. The van der Waals surface area contributed by atoms with E-state index in [0.717, 1.165) is 24.1 Å². The Labute approximate surface area is 127 Å². The van der Waals surface area contributed by atoms with E-state index in [9.17, 15) is 13.6 Å². The number of ketones is 1. The fraction of sp³-hybridized carbons (Fsp3) is 0.235. The molecule has 2 aromatic rings. The highest BCUT2D eigenvalue weighted by atomic mass is 35.5. The van der Waals surface area contributed by atoms with Crippen molar-refractivity contribution in [2.45, 2.75) is 20.3 Å². The molecule has 0 bridgehead atoms. The van der Waals surface area contributed by atoms with Gasteiger partial charge in [-0.15, -0.1) is 0 Å². The lowest BCUT2D eigenvalue weighted by Crippen LogP contribution is -2.06. The van der Waals surface area contributed by atoms with Crippen LogP contribution in [0.15, 0.2) is 36.4 Å². The summed E-state index contributed by atoms with van der Waals surface area (Å²) in [5.41, 5.74) is 1.11. The molecular weight excluding hydrogens is 294 g/mol. The summed E-state index contributed by atoms with van der Waals surface area (Å²) < 4.78 is 27.1. The Morgan fingerprint density at radius 2 is 1.71 bits per heavy atom. The molecule has 0 spiro atoms. The minimum atomic E-state index is -0.822. The van der Waals surface area contributed by atoms with Crippen LogP contribution in [0.1, 0.15) is 35.3 Å². The first-order valence-electron chi connectivity index (χ1n) is 6.66. The summed E-state index contributed by atoms with van der Waals surface area (Å²) in [4.78, 5) is 12.2. The third kappa shape index (κ3) is 3.67. The van der Waals surface area contributed by atoms with Crippen molar-refractivity contribution < 1.29 is 13.6 Å². The highest BCUT2D eigenvalue weighted by Crippen LogP contribution is 2.22. The van der Waals surface area contributed by atoms with E-state index in [0.29, 0.717) is 11.5 Å². The quantitative estimate of drug-likeness (QED) is 0.571. The van der Waals surface area contributed by atoms with Crippen LogP contribution in [0.4, 0.5) is 8.78 Å². The van der Waals surface area contributed by atoms with Crippen molar-refractivity contribution >= 4 is 17.4 Å². The van der Waals surface area contributed by atoms with Crippen molar-refractivity contribution in [3.05, 3.63) is 69.7 Å². The number of hydrogen-bond acceptors (Lipinski definition) is 1. The summed E-state index contributed by atoms with van der Waals surface area (Å²) in [6.07, 6.45) is 0.901. The van der Waals surface area contributed by atoms with E-state index in [2.05, 4.69) is 13.8 Å². The normalized spacial score (nSPS) is 11.0. The van der Waals surface area contributed by atoms with Crippen molar-refractivity contribution in [3.63, 3.8) is 0 Å². The monoisotopic (exact) mass is 308 g/mol. The first-order valence-corrected chi connectivity index (χ1v) is 7.04. The Morgan fingerprint density at radius 3 is 2.29 bits per heavy atom. The topological polar surface area (TPSA) is 17.1 Å². The van der Waals surface area contributed by atoms with Crippen LogP contribution in [-0.2, 0) is 6.42 Å². The standard InChI is InChI=1S/C17H15ClF2O/c1-10(2)7-11-3-5-12(6-4-11)17(21)13-8-16(20)14(18)9-15(13)19/h3-6,8-10H,7H2,1-2H3. The molecule has 0 heterocycles. The molecule has 0 radical (unpaired) electrons. The van der Waals surface area contributed by atoms with Crippen molar-refractivity contribution in [1.82, 2.24) is 0 Å². The molecule has 0 amide bonds. The summed E-state index contributed by atoms with van der Waals surface area (Å²) in [6.45, 7) is 4.20. The molecule has 0 N–H and O–H groups in total. The van der Waals surface area contributed by atoms with E-state index in [1.165, 1.54) is 0 Å². The third-order valence-corrected chi connectivity index (χ3v) is 3.40. The maximum Gasteiger partial charge on any atom is 0.196 e. The molecule has 0 fully saturated rings. The van der Waals surface area contributed by atoms with Crippen LogP contribution in [-0.4, -0.2) is 5.78 Å². The largest absolute Gasteiger partial charge is 0.288 e. The van der Waals surface area contributed by atoms with E-state index in [-0.39, 0.29) is 10.6 Å². The average molecular weight is 309 g/mol. The highest BCUT2D eigenvalue weighted by molar-refractivity contribution is 6.30. The van der Waals surface area contributed by atoms with Gasteiger partial charge in [0.1, 0.15) is 11.6 Å². The van der Waals surface area contributed by atoms with E-state index in [4.69, 9.17) is 11.6 Å². The fourth-order valence-corrected chi connectivity index (χ4v) is 2.27. The Balaban J connectivity index is 2.30. The molecule has 0 aromatic heterocycles. The van der Waals surface area contributed by atoms with Gasteiger partial charge in [0.25, 0.3) is 0 Å². The van der Waals surface area contributed by atoms with Gasteiger partial charge in [-0.3, -0.25) is 4.79 Å². The number of hydrogen-bond donors (Lipinski definition) is 0. The smallest absolute Gasteiger partial charge is 0.196 e. The predicted octanol–water partition coefficient (Wildman–Crippen LogP) is 5.05. The molecule has 0 aliphatic heterocycles. The molecule has 0 unspecified atom stereocenters. The zero-order valence-corrected chi connectivity index (χ0v) is 12.5. The zero-order chi connectivity index (χ0) is 15.6. The molecule has 2 rings (SSSR count).